The van der Waals surface area contributed by atoms with Gasteiger partial charge in [-0.1, -0.05) is 42.5 Å². The van der Waals surface area contributed by atoms with Crippen molar-refractivity contribution < 1.29 is 24.2 Å². The van der Waals surface area contributed by atoms with Crippen molar-refractivity contribution in [3.8, 4) is 0 Å². The van der Waals surface area contributed by atoms with Crippen molar-refractivity contribution in [2.24, 2.45) is 0 Å². The van der Waals surface area contributed by atoms with Crippen LogP contribution in [0.15, 0.2) is 42.5 Å². The Morgan fingerprint density at radius 2 is 1.61 bits per heavy atom. The predicted molar refractivity (Wildman–Crippen MR) is 81.5 cm³/mol. The molecule has 0 spiro atoms. The molecule has 0 radical (unpaired) electrons. The van der Waals surface area contributed by atoms with Crippen LogP contribution in [-0.4, -0.2) is 35.9 Å². The van der Waals surface area contributed by atoms with Gasteiger partial charge in [0, 0.05) is 28.7 Å². The summed E-state index contributed by atoms with van der Waals surface area (Å²) in [6.07, 6.45) is -1.47. The maximum absolute atomic E-state index is 12.7. The van der Waals surface area contributed by atoms with Gasteiger partial charge in [0.25, 0.3) is 0 Å². The molecule has 2 aromatic rings. The largest absolute Gasteiger partial charge is 0.467 e. The summed E-state index contributed by atoms with van der Waals surface area (Å²) >= 11 is 0. The molecular weight excluding hydrogens is 296 g/mol. The van der Waals surface area contributed by atoms with Crippen LogP contribution in [0.25, 0.3) is 0 Å². The molecule has 0 saturated heterocycles. The third kappa shape index (κ3) is 2.45. The molecule has 5 heteroatoms. The van der Waals surface area contributed by atoms with Crippen molar-refractivity contribution in [3.63, 3.8) is 0 Å². The number of carbonyl (C=O) groups excluding carboxylic acids is 3. The Balaban J connectivity index is 2.09. The van der Waals surface area contributed by atoms with E-state index < -0.39 is 12.1 Å². The number of ether oxygens (including phenoxy) is 1. The summed E-state index contributed by atoms with van der Waals surface area (Å²) in [6, 6.07) is 11.5. The van der Waals surface area contributed by atoms with E-state index >= 15 is 0 Å². The van der Waals surface area contributed by atoms with Crippen LogP contribution in [0.1, 0.15) is 37.4 Å². The summed E-state index contributed by atoms with van der Waals surface area (Å²) in [5, 5.41) is 9.85. The standard InChI is InChI=1S/C18H14O5/c1-23-18(22)14(19)9-10-5-4-8-13-15(10)17(21)12-7-3-2-6-11(12)16(13)20/h2-8,14,19H,9H2,1H3. The van der Waals surface area contributed by atoms with Crippen molar-refractivity contribution in [2.45, 2.75) is 12.5 Å². The summed E-state index contributed by atoms with van der Waals surface area (Å²) in [5.74, 6) is -1.29. The summed E-state index contributed by atoms with van der Waals surface area (Å²) in [5.41, 5.74) is 1.70. The minimum Gasteiger partial charge on any atom is -0.467 e. The number of rotatable bonds is 3. The molecule has 0 fully saturated rings. The van der Waals surface area contributed by atoms with Gasteiger partial charge in [-0.25, -0.2) is 4.79 Å². The second kappa shape index (κ2) is 5.78. The average Bonchev–Trinajstić information content (AvgIpc) is 2.58. The van der Waals surface area contributed by atoms with E-state index in [1.54, 1.807) is 42.5 Å². The van der Waals surface area contributed by atoms with Gasteiger partial charge in [-0.2, -0.15) is 0 Å². The van der Waals surface area contributed by atoms with E-state index in [9.17, 15) is 19.5 Å². The van der Waals surface area contributed by atoms with Crippen molar-refractivity contribution in [2.75, 3.05) is 7.11 Å². The number of aliphatic hydroxyl groups excluding tert-OH is 1. The number of hydrogen-bond acceptors (Lipinski definition) is 5. The second-order valence-corrected chi connectivity index (χ2v) is 5.29. The monoisotopic (exact) mass is 310 g/mol. The molecule has 0 heterocycles. The number of ketones is 2. The normalized spacial score (nSPS) is 14.0. The number of aliphatic hydroxyl groups is 1. The smallest absolute Gasteiger partial charge is 0.335 e. The van der Waals surface area contributed by atoms with Gasteiger partial charge in [-0.15, -0.1) is 0 Å². The Bertz CT molecular complexity index is 822. The molecule has 0 amide bonds. The molecule has 1 unspecified atom stereocenters. The first-order valence-electron chi connectivity index (χ1n) is 7.10. The number of benzene rings is 2. The molecule has 0 bridgehead atoms. The van der Waals surface area contributed by atoms with Crippen LogP contribution in [0.3, 0.4) is 0 Å². The van der Waals surface area contributed by atoms with Crippen molar-refractivity contribution in [1.29, 1.82) is 0 Å². The molecule has 2 aromatic carbocycles. The minimum absolute atomic E-state index is 0.0863. The SMILES string of the molecule is COC(=O)C(O)Cc1cccc2c1C(=O)c1ccccc1C2=O. The number of carbonyl (C=O) groups is 3. The highest BCUT2D eigenvalue weighted by Crippen LogP contribution is 2.30. The average molecular weight is 310 g/mol. The lowest BCUT2D eigenvalue weighted by atomic mass is 9.81. The summed E-state index contributed by atoms with van der Waals surface area (Å²) < 4.78 is 4.49. The molecule has 23 heavy (non-hydrogen) atoms. The van der Waals surface area contributed by atoms with Gasteiger partial charge in [0.05, 0.1) is 7.11 Å². The molecule has 1 N–H and O–H groups in total. The zero-order valence-corrected chi connectivity index (χ0v) is 12.4. The molecule has 116 valence electrons. The third-order valence-corrected chi connectivity index (χ3v) is 3.93. The number of hydrogen-bond donors (Lipinski definition) is 1. The fraction of sp³-hybridized carbons (Fsp3) is 0.167. The Labute approximate surface area is 132 Å². The minimum atomic E-state index is -1.38. The molecule has 0 aliphatic heterocycles. The summed E-state index contributed by atoms with van der Waals surface area (Å²) in [6.45, 7) is 0. The van der Waals surface area contributed by atoms with Crippen LogP contribution in [0.5, 0.6) is 0 Å². The summed E-state index contributed by atoms with van der Waals surface area (Å²) in [7, 11) is 1.18. The Morgan fingerprint density at radius 1 is 1.00 bits per heavy atom. The molecule has 3 rings (SSSR count). The van der Waals surface area contributed by atoms with Crippen LogP contribution in [-0.2, 0) is 16.0 Å². The summed E-state index contributed by atoms with van der Waals surface area (Å²) in [4.78, 5) is 36.7. The maximum Gasteiger partial charge on any atom is 0.335 e. The van der Waals surface area contributed by atoms with Crippen molar-refractivity contribution >= 4 is 17.5 Å². The number of methoxy groups -OCH3 is 1. The van der Waals surface area contributed by atoms with Crippen LogP contribution in [0.2, 0.25) is 0 Å². The van der Waals surface area contributed by atoms with Gasteiger partial charge in [-0.05, 0) is 5.56 Å². The fourth-order valence-electron chi connectivity index (χ4n) is 2.81. The molecule has 1 atom stereocenters. The van der Waals surface area contributed by atoms with Crippen LogP contribution >= 0.6 is 0 Å². The van der Waals surface area contributed by atoms with Gasteiger partial charge in [0.15, 0.2) is 17.7 Å². The lowest BCUT2D eigenvalue weighted by molar-refractivity contribution is -0.150. The highest BCUT2D eigenvalue weighted by atomic mass is 16.5. The van der Waals surface area contributed by atoms with Crippen LogP contribution in [0.4, 0.5) is 0 Å². The van der Waals surface area contributed by atoms with E-state index in [-0.39, 0.29) is 23.6 Å². The van der Waals surface area contributed by atoms with E-state index in [2.05, 4.69) is 4.74 Å². The van der Waals surface area contributed by atoms with E-state index in [0.717, 1.165) is 0 Å². The lowest BCUT2D eigenvalue weighted by Gasteiger charge is -2.20. The van der Waals surface area contributed by atoms with Crippen LogP contribution < -0.4 is 0 Å². The number of fused-ring (bicyclic) bond motifs is 2. The van der Waals surface area contributed by atoms with Gasteiger partial charge < -0.3 is 9.84 Å². The zero-order chi connectivity index (χ0) is 16.6. The van der Waals surface area contributed by atoms with Gasteiger partial charge in [0.2, 0.25) is 0 Å². The Morgan fingerprint density at radius 3 is 2.26 bits per heavy atom. The van der Waals surface area contributed by atoms with Gasteiger partial charge in [0.1, 0.15) is 0 Å². The Hall–Kier alpha value is -2.79. The highest BCUT2D eigenvalue weighted by Gasteiger charge is 2.32. The number of esters is 1. The maximum atomic E-state index is 12.7. The molecule has 1 aliphatic rings. The fourth-order valence-corrected chi connectivity index (χ4v) is 2.81. The first-order valence-corrected chi connectivity index (χ1v) is 7.10. The molecule has 5 nitrogen and oxygen atoms in total. The van der Waals surface area contributed by atoms with E-state index in [0.29, 0.717) is 22.3 Å². The van der Waals surface area contributed by atoms with Crippen molar-refractivity contribution in [3.05, 3.63) is 70.3 Å². The molecule has 0 saturated carbocycles. The second-order valence-electron chi connectivity index (χ2n) is 5.29. The predicted octanol–water partition coefficient (Wildman–Crippen LogP) is 1.54. The lowest BCUT2D eigenvalue weighted by Crippen LogP contribution is -2.27. The third-order valence-electron chi connectivity index (χ3n) is 3.93. The quantitative estimate of drug-likeness (QED) is 0.742. The first-order chi connectivity index (χ1) is 11.0. The van der Waals surface area contributed by atoms with E-state index in [1.165, 1.54) is 7.11 Å². The van der Waals surface area contributed by atoms with E-state index in [4.69, 9.17) is 0 Å². The topological polar surface area (TPSA) is 80.7 Å². The highest BCUT2D eigenvalue weighted by molar-refractivity contribution is 6.28. The molecule has 0 aromatic heterocycles. The van der Waals surface area contributed by atoms with E-state index in [1.807, 2.05) is 0 Å². The molecular formula is C18H14O5. The van der Waals surface area contributed by atoms with Crippen LogP contribution in [0, 0.1) is 0 Å². The Kier molecular flexibility index (Phi) is 3.80. The zero-order valence-electron chi connectivity index (χ0n) is 12.4. The van der Waals surface area contributed by atoms with Gasteiger partial charge >= 0.3 is 5.97 Å². The first kappa shape index (κ1) is 15.1. The van der Waals surface area contributed by atoms with Crippen molar-refractivity contribution in [1.82, 2.24) is 0 Å². The van der Waals surface area contributed by atoms with Gasteiger partial charge in [-0.3, -0.25) is 9.59 Å². The molecule has 1 aliphatic carbocycles.